The molecule has 1 aliphatic rings. The normalized spacial score (nSPS) is 20.3. The predicted octanol–water partition coefficient (Wildman–Crippen LogP) is 2.26. The van der Waals surface area contributed by atoms with Gasteiger partial charge in [-0.1, -0.05) is 26.8 Å². The third-order valence-corrected chi connectivity index (χ3v) is 4.24. The molecule has 0 aliphatic carbocycles. The van der Waals surface area contributed by atoms with Crippen LogP contribution in [0, 0.1) is 10.1 Å². The van der Waals surface area contributed by atoms with E-state index in [9.17, 15) is 19.7 Å². The van der Waals surface area contributed by atoms with Crippen LogP contribution in [0.2, 0.25) is 0 Å². The Morgan fingerprint density at radius 3 is 2.56 bits per heavy atom. The van der Waals surface area contributed by atoms with Crippen LogP contribution in [0.5, 0.6) is 0 Å². The van der Waals surface area contributed by atoms with E-state index in [1.165, 1.54) is 12.1 Å². The molecule has 0 radical (unpaired) electrons. The Balaban J connectivity index is 2.31. The standard InChI is InChI=1S/C17H22N2O6/c1-16(2,3)12-5-4-11(8-13(12)19(23)24)15(22)18-17(9-14(20)21)6-7-25-10-17/h4-5,8H,6-7,9-10H2,1-3H3,(H,18,22)(H,20,21). The van der Waals surface area contributed by atoms with Crippen LogP contribution in [0.15, 0.2) is 18.2 Å². The lowest BCUT2D eigenvalue weighted by molar-refractivity contribution is -0.386. The number of rotatable bonds is 5. The van der Waals surface area contributed by atoms with E-state index in [2.05, 4.69) is 5.32 Å². The smallest absolute Gasteiger partial charge is 0.305 e. The fourth-order valence-corrected chi connectivity index (χ4v) is 2.95. The maximum atomic E-state index is 12.5. The van der Waals surface area contributed by atoms with Gasteiger partial charge in [0.15, 0.2) is 0 Å². The first-order chi connectivity index (χ1) is 11.5. The van der Waals surface area contributed by atoms with E-state index in [-0.39, 0.29) is 24.3 Å². The summed E-state index contributed by atoms with van der Waals surface area (Å²) < 4.78 is 5.24. The molecule has 136 valence electrons. The van der Waals surface area contributed by atoms with Gasteiger partial charge in [-0.15, -0.1) is 0 Å². The molecule has 0 spiro atoms. The Kier molecular flexibility index (Phi) is 5.12. The topological polar surface area (TPSA) is 119 Å². The summed E-state index contributed by atoms with van der Waals surface area (Å²) in [6.45, 7) is 6.02. The van der Waals surface area contributed by atoms with Crippen LogP contribution in [-0.4, -0.2) is 40.7 Å². The molecule has 1 aromatic rings. The van der Waals surface area contributed by atoms with E-state index >= 15 is 0 Å². The number of nitro benzene ring substituents is 1. The van der Waals surface area contributed by atoms with Gasteiger partial charge in [-0.25, -0.2) is 0 Å². The van der Waals surface area contributed by atoms with Gasteiger partial charge in [-0.05, 0) is 17.9 Å². The number of aliphatic carboxylic acids is 1. The van der Waals surface area contributed by atoms with Crippen LogP contribution in [0.1, 0.15) is 49.5 Å². The molecule has 0 aromatic heterocycles. The van der Waals surface area contributed by atoms with E-state index in [1.807, 2.05) is 20.8 Å². The number of amides is 1. The molecule has 1 amide bonds. The van der Waals surface area contributed by atoms with Gasteiger partial charge in [0.25, 0.3) is 11.6 Å². The monoisotopic (exact) mass is 350 g/mol. The van der Waals surface area contributed by atoms with Crippen molar-refractivity contribution in [3.8, 4) is 0 Å². The molecule has 1 aliphatic heterocycles. The van der Waals surface area contributed by atoms with E-state index < -0.39 is 27.8 Å². The van der Waals surface area contributed by atoms with Gasteiger partial charge in [0.2, 0.25) is 0 Å². The van der Waals surface area contributed by atoms with Crippen LogP contribution in [-0.2, 0) is 14.9 Å². The summed E-state index contributed by atoms with van der Waals surface area (Å²) in [5.41, 5.74) is -0.910. The molecule has 1 fully saturated rings. The van der Waals surface area contributed by atoms with Gasteiger partial charge in [-0.2, -0.15) is 0 Å². The number of ether oxygens (including phenoxy) is 1. The molecule has 8 heteroatoms. The van der Waals surface area contributed by atoms with Crippen molar-refractivity contribution in [2.75, 3.05) is 13.2 Å². The van der Waals surface area contributed by atoms with Crippen molar-refractivity contribution in [2.24, 2.45) is 0 Å². The molecule has 1 aromatic carbocycles. The van der Waals surface area contributed by atoms with Crippen LogP contribution in [0.25, 0.3) is 0 Å². The molecule has 0 bridgehead atoms. The minimum atomic E-state index is -1.04. The van der Waals surface area contributed by atoms with Crippen molar-refractivity contribution in [3.05, 3.63) is 39.4 Å². The Hall–Kier alpha value is -2.48. The quantitative estimate of drug-likeness (QED) is 0.621. The average Bonchev–Trinajstić information content (AvgIpc) is 2.92. The van der Waals surface area contributed by atoms with Gasteiger partial charge in [-0.3, -0.25) is 19.7 Å². The summed E-state index contributed by atoms with van der Waals surface area (Å²) in [7, 11) is 0. The second-order valence-electron chi connectivity index (χ2n) is 7.35. The Labute approximate surface area is 145 Å². The number of hydrogen-bond acceptors (Lipinski definition) is 5. The van der Waals surface area contributed by atoms with Crippen LogP contribution < -0.4 is 5.32 Å². The zero-order valence-corrected chi connectivity index (χ0v) is 14.5. The summed E-state index contributed by atoms with van der Waals surface area (Å²) in [5, 5.41) is 23.1. The zero-order chi connectivity index (χ0) is 18.8. The number of nitro groups is 1. The van der Waals surface area contributed by atoms with Crippen molar-refractivity contribution in [1.29, 1.82) is 0 Å². The van der Waals surface area contributed by atoms with Gasteiger partial charge in [0.05, 0.1) is 23.5 Å². The molecule has 2 rings (SSSR count). The molecule has 1 unspecified atom stereocenters. The highest BCUT2D eigenvalue weighted by Gasteiger charge is 2.39. The van der Waals surface area contributed by atoms with Crippen molar-refractivity contribution in [2.45, 2.75) is 44.6 Å². The SMILES string of the molecule is CC(C)(C)c1ccc(C(=O)NC2(CC(=O)O)CCOC2)cc1[N+](=O)[O-]. The molecule has 8 nitrogen and oxygen atoms in total. The minimum absolute atomic E-state index is 0.104. The van der Waals surface area contributed by atoms with Crippen LogP contribution in [0.4, 0.5) is 5.69 Å². The predicted molar refractivity (Wildman–Crippen MR) is 89.7 cm³/mol. The van der Waals surface area contributed by atoms with Crippen molar-refractivity contribution < 1.29 is 24.4 Å². The van der Waals surface area contributed by atoms with Crippen molar-refractivity contribution in [1.82, 2.24) is 5.32 Å². The third kappa shape index (κ3) is 4.33. The largest absolute Gasteiger partial charge is 0.481 e. The highest BCUT2D eigenvalue weighted by atomic mass is 16.6. The van der Waals surface area contributed by atoms with E-state index in [0.29, 0.717) is 18.6 Å². The maximum Gasteiger partial charge on any atom is 0.305 e. The highest BCUT2D eigenvalue weighted by molar-refractivity contribution is 5.96. The molecule has 1 saturated heterocycles. The number of carboxylic acid groups (broad SMARTS) is 1. The maximum absolute atomic E-state index is 12.5. The minimum Gasteiger partial charge on any atom is -0.481 e. The summed E-state index contributed by atoms with van der Waals surface area (Å²) >= 11 is 0. The highest BCUT2D eigenvalue weighted by Crippen LogP contribution is 2.32. The fourth-order valence-electron chi connectivity index (χ4n) is 2.95. The number of carbonyl (C=O) groups is 2. The molecule has 25 heavy (non-hydrogen) atoms. The van der Waals surface area contributed by atoms with Gasteiger partial charge < -0.3 is 15.2 Å². The number of carbonyl (C=O) groups excluding carboxylic acids is 1. The lowest BCUT2D eigenvalue weighted by Gasteiger charge is -2.27. The van der Waals surface area contributed by atoms with E-state index in [1.54, 1.807) is 6.07 Å². The molecule has 1 heterocycles. The van der Waals surface area contributed by atoms with Gasteiger partial charge in [0.1, 0.15) is 0 Å². The molecule has 2 N–H and O–H groups in total. The number of carboxylic acids is 1. The van der Waals surface area contributed by atoms with Crippen LogP contribution >= 0.6 is 0 Å². The summed E-state index contributed by atoms with van der Waals surface area (Å²) in [5.74, 6) is -1.59. The first kappa shape index (κ1) is 18.9. The lowest BCUT2D eigenvalue weighted by Crippen LogP contribution is -2.50. The number of nitrogens with one attached hydrogen (secondary N) is 1. The first-order valence-corrected chi connectivity index (χ1v) is 7.95. The van der Waals surface area contributed by atoms with Crippen molar-refractivity contribution in [3.63, 3.8) is 0 Å². The third-order valence-electron chi connectivity index (χ3n) is 4.24. The number of nitrogens with zero attached hydrogens (tertiary/aromatic N) is 1. The average molecular weight is 350 g/mol. The van der Waals surface area contributed by atoms with Gasteiger partial charge in [0, 0.05) is 23.8 Å². The second kappa shape index (κ2) is 6.79. The van der Waals surface area contributed by atoms with E-state index in [0.717, 1.165) is 0 Å². The summed E-state index contributed by atoms with van der Waals surface area (Å²) in [6, 6.07) is 4.33. The Morgan fingerprint density at radius 2 is 2.08 bits per heavy atom. The Bertz CT molecular complexity index is 702. The summed E-state index contributed by atoms with van der Waals surface area (Å²) in [6.07, 6.45) is 0.119. The molecular formula is C17H22N2O6. The summed E-state index contributed by atoms with van der Waals surface area (Å²) in [4.78, 5) is 34.5. The lowest BCUT2D eigenvalue weighted by atomic mass is 9.85. The zero-order valence-electron chi connectivity index (χ0n) is 14.5. The molecule has 1 atom stereocenters. The van der Waals surface area contributed by atoms with Crippen molar-refractivity contribution >= 4 is 17.6 Å². The number of hydrogen-bond donors (Lipinski definition) is 2. The first-order valence-electron chi connectivity index (χ1n) is 7.95. The molecular weight excluding hydrogens is 328 g/mol. The second-order valence-corrected chi connectivity index (χ2v) is 7.35. The van der Waals surface area contributed by atoms with Gasteiger partial charge >= 0.3 is 5.97 Å². The van der Waals surface area contributed by atoms with E-state index in [4.69, 9.17) is 9.84 Å². The Morgan fingerprint density at radius 1 is 1.40 bits per heavy atom. The molecule has 0 saturated carbocycles. The number of benzene rings is 1. The fraction of sp³-hybridized carbons (Fsp3) is 0.529. The van der Waals surface area contributed by atoms with Crippen LogP contribution in [0.3, 0.4) is 0 Å².